The van der Waals surface area contributed by atoms with Crippen molar-refractivity contribution in [3.05, 3.63) is 39.6 Å². The first-order valence-corrected chi connectivity index (χ1v) is 7.97. The van der Waals surface area contributed by atoms with E-state index in [1.807, 2.05) is 19.1 Å². The number of H-pyrrole nitrogens is 1. The molecule has 3 heterocycles. The van der Waals surface area contributed by atoms with Gasteiger partial charge >= 0.3 is 0 Å². The summed E-state index contributed by atoms with van der Waals surface area (Å²) in [6.07, 6.45) is 2.33. The van der Waals surface area contributed by atoms with Crippen molar-refractivity contribution >= 4 is 56.8 Å². The van der Waals surface area contributed by atoms with Crippen molar-refractivity contribution in [2.45, 2.75) is 25.9 Å². The molecule has 3 aromatic heterocycles. The summed E-state index contributed by atoms with van der Waals surface area (Å²) in [7, 11) is 0. The summed E-state index contributed by atoms with van der Waals surface area (Å²) in [5, 5.41) is 4.26. The minimum atomic E-state index is 0. The molecule has 0 bridgehead atoms. The Bertz CT molecular complexity index is 788. The van der Waals surface area contributed by atoms with Gasteiger partial charge in [-0.05, 0) is 46.6 Å². The van der Waals surface area contributed by atoms with E-state index in [1.165, 1.54) is 0 Å². The fourth-order valence-corrected chi connectivity index (χ4v) is 3.06. The molecule has 0 spiro atoms. The normalized spacial score (nSPS) is 12.2. The maximum Gasteiger partial charge on any atom is 0.226 e. The fourth-order valence-electron chi connectivity index (χ4n) is 2.26. The van der Waals surface area contributed by atoms with Crippen LogP contribution in [0.1, 0.15) is 18.4 Å². The van der Waals surface area contributed by atoms with Gasteiger partial charge in [0.05, 0.1) is 22.7 Å². The highest BCUT2D eigenvalue weighted by atomic mass is 79.9. The van der Waals surface area contributed by atoms with Gasteiger partial charge in [-0.25, -0.2) is 0 Å². The van der Waals surface area contributed by atoms with Crippen molar-refractivity contribution in [3.63, 3.8) is 0 Å². The summed E-state index contributed by atoms with van der Waals surface area (Å²) >= 11 is 9.61. The molecule has 0 aliphatic rings. The summed E-state index contributed by atoms with van der Waals surface area (Å²) in [6, 6.07) is 3.76. The lowest BCUT2D eigenvalue weighted by molar-refractivity contribution is 0.518. The molecule has 23 heavy (non-hydrogen) atoms. The van der Waals surface area contributed by atoms with Gasteiger partial charge in [0, 0.05) is 18.2 Å². The number of rotatable bonds is 5. The molecule has 0 fully saturated rings. The van der Waals surface area contributed by atoms with Crippen LogP contribution >= 0.6 is 39.9 Å². The predicted octanol–water partition coefficient (Wildman–Crippen LogP) is 3.89. The Hall–Kier alpha value is -1.28. The van der Waals surface area contributed by atoms with Gasteiger partial charge in [-0.3, -0.25) is 0 Å². The van der Waals surface area contributed by atoms with E-state index in [-0.39, 0.29) is 23.7 Å². The van der Waals surface area contributed by atoms with Crippen LogP contribution in [0.25, 0.3) is 11.0 Å². The lowest BCUT2D eigenvalue weighted by Crippen LogP contribution is -2.18. The van der Waals surface area contributed by atoms with E-state index in [1.54, 1.807) is 6.26 Å². The van der Waals surface area contributed by atoms with Crippen molar-refractivity contribution in [3.8, 4) is 0 Å². The topological polar surface area (TPSA) is 92.8 Å². The van der Waals surface area contributed by atoms with Crippen molar-refractivity contribution in [1.29, 1.82) is 0 Å². The summed E-state index contributed by atoms with van der Waals surface area (Å²) in [6.45, 7) is 2.46. The third-order valence-corrected chi connectivity index (χ3v) is 4.22. The second kappa shape index (κ2) is 7.53. The number of nitrogens with one attached hydrogen (secondary N) is 2. The van der Waals surface area contributed by atoms with E-state index in [9.17, 15) is 0 Å². The second-order valence-corrected chi connectivity index (χ2v) is 6.23. The number of hydrogen-bond donors (Lipinski definition) is 3. The highest BCUT2D eigenvalue weighted by molar-refractivity contribution is 9.10. The predicted molar refractivity (Wildman–Crippen MR) is 97.2 cm³/mol. The Kier molecular flexibility index (Phi) is 5.91. The van der Waals surface area contributed by atoms with Crippen molar-refractivity contribution in [2.24, 2.45) is 5.73 Å². The molecule has 0 aromatic carbocycles. The maximum atomic E-state index is 6.01. The number of aromatic amines is 1. The highest BCUT2D eigenvalue weighted by Crippen LogP contribution is 2.33. The first-order chi connectivity index (χ1) is 10.5. The van der Waals surface area contributed by atoms with Gasteiger partial charge in [0.15, 0.2) is 0 Å². The van der Waals surface area contributed by atoms with Crippen LogP contribution in [0.4, 0.5) is 5.82 Å². The summed E-state index contributed by atoms with van der Waals surface area (Å²) in [5.41, 5.74) is 7.52. The monoisotopic (exact) mass is 419 g/mol. The van der Waals surface area contributed by atoms with Gasteiger partial charge in [-0.15, -0.1) is 12.4 Å². The summed E-state index contributed by atoms with van der Waals surface area (Å²) in [4.78, 5) is 11.8. The first kappa shape index (κ1) is 18.1. The van der Waals surface area contributed by atoms with Crippen molar-refractivity contribution < 1.29 is 4.42 Å². The Morgan fingerprint density at radius 3 is 2.91 bits per heavy atom. The zero-order chi connectivity index (χ0) is 15.7. The SMILES string of the molecule is CC(N)Cc1[nH]c2nc(Cl)nc(NCc3ccco3)c2c1Br.Cl. The standard InChI is InChI=1S/C14H15BrClN5O.ClH/c1-7(17)5-9-11(15)10-12(18-6-8-3-2-4-22-8)20-14(16)21-13(10)19-9;/h2-4,7H,5-6,17H2,1H3,(H2,18,19,20,21);1H. The molecule has 3 aromatic rings. The van der Waals surface area contributed by atoms with Gasteiger partial charge in [0.1, 0.15) is 17.2 Å². The molecule has 0 aliphatic heterocycles. The fraction of sp³-hybridized carbons (Fsp3) is 0.286. The molecule has 1 unspecified atom stereocenters. The van der Waals surface area contributed by atoms with E-state index < -0.39 is 0 Å². The maximum absolute atomic E-state index is 6.01. The Morgan fingerprint density at radius 1 is 1.48 bits per heavy atom. The molecule has 0 amide bonds. The largest absolute Gasteiger partial charge is 0.467 e. The third-order valence-electron chi connectivity index (χ3n) is 3.17. The number of furan rings is 1. The quantitative estimate of drug-likeness (QED) is 0.544. The smallest absolute Gasteiger partial charge is 0.226 e. The van der Waals surface area contributed by atoms with Crippen LogP contribution in [0, 0.1) is 0 Å². The number of halogens is 3. The van der Waals surface area contributed by atoms with Crippen LogP contribution < -0.4 is 11.1 Å². The van der Waals surface area contributed by atoms with Crippen LogP contribution in [0.2, 0.25) is 5.28 Å². The molecule has 6 nitrogen and oxygen atoms in total. The summed E-state index contributed by atoms with van der Waals surface area (Å²) in [5.74, 6) is 1.45. The lowest BCUT2D eigenvalue weighted by atomic mass is 10.2. The van der Waals surface area contributed by atoms with E-state index in [0.29, 0.717) is 24.4 Å². The highest BCUT2D eigenvalue weighted by Gasteiger charge is 2.17. The van der Waals surface area contributed by atoms with Gasteiger partial charge in [-0.1, -0.05) is 0 Å². The molecule has 1 atom stereocenters. The van der Waals surface area contributed by atoms with E-state index in [4.69, 9.17) is 21.8 Å². The molecule has 0 saturated carbocycles. The number of aromatic nitrogens is 3. The van der Waals surface area contributed by atoms with Crippen molar-refractivity contribution in [2.75, 3.05) is 5.32 Å². The van der Waals surface area contributed by atoms with Gasteiger partial charge in [0.25, 0.3) is 0 Å². The minimum Gasteiger partial charge on any atom is -0.467 e. The third kappa shape index (κ3) is 3.98. The van der Waals surface area contributed by atoms with Gasteiger partial charge in [0.2, 0.25) is 5.28 Å². The van der Waals surface area contributed by atoms with E-state index in [2.05, 4.69) is 36.2 Å². The van der Waals surface area contributed by atoms with E-state index in [0.717, 1.165) is 21.3 Å². The van der Waals surface area contributed by atoms with Gasteiger partial charge < -0.3 is 20.5 Å². The van der Waals surface area contributed by atoms with Crippen LogP contribution in [0.5, 0.6) is 0 Å². The first-order valence-electron chi connectivity index (χ1n) is 6.80. The number of nitrogens with zero attached hydrogens (tertiary/aromatic N) is 2. The van der Waals surface area contributed by atoms with Crippen LogP contribution in [0.3, 0.4) is 0 Å². The van der Waals surface area contributed by atoms with Crippen LogP contribution in [-0.2, 0) is 13.0 Å². The molecular formula is C14H16BrCl2N5O. The zero-order valence-electron chi connectivity index (χ0n) is 12.3. The van der Waals surface area contributed by atoms with Gasteiger partial charge in [-0.2, -0.15) is 9.97 Å². The Balaban J connectivity index is 0.00000192. The molecule has 3 rings (SSSR count). The number of hydrogen-bond acceptors (Lipinski definition) is 5. The molecular weight excluding hydrogens is 405 g/mol. The molecule has 4 N–H and O–H groups in total. The molecule has 124 valence electrons. The van der Waals surface area contributed by atoms with Crippen LogP contribution in [-0.4, -0.2) is 21.0 Å². The minimum absolute atomic E-state index is 0. The number of anilines is 1. The molecule has 0 radical (unpaired) electrons. The molecule has 9 heteroatoms. The Morgan fingerprint density at radius 2 is 2.26 bits per heavy atom. The van der Waals surface area contributed by atoms with Crippen molar-refractivity contribution in [1.82, 2.24) is 15.0 Å². The second-order valence-electron chi connectivity index (χ2n) is 5.10. The van der Waals surface area contributed by atoms with Crippen LogP contribution in [0.15, 0.2) is 27.3 Å². The average molecular weight is 421 g/mol. The Labute approximate surface area is 152 Å². The van der Waals surface area contributed by atoms with E-state index >= 15 is 0 Å². The average Bonchev–Trinajstić information content (AvgIpc) is 3.05. The number of nitrogens with two attached hydrogens (primary N) is 1. The summed E-state index contributed by atoms with van der Waals surface area (Å²) < 4.78 is 6.21. The molecule has 0 aliphatic carbocycles. The lowest BCUT2D eigenvalue weighted by Gasteiger charge is -2.06. The number of fused-ring (bicyclic) bond motifs is 1. The zero-order valence-corrected chi connectivity index (χ0v) is 15.4. The molecule has 0 saturated heterocycles.